The van der Waals surface area contributed by atoms with E-state index in [-0.39, 0.29) is 34.9 Å². The molecule has 1 aromatic carbocycles. The van der Waals surface area contributed by atoms with Gasteiger partial charge in [-0.25, -0.2) is 13.4 Å². The summed E-state index contributed by atoms with van der Waals surface area (Å²) in [4.78, 5) is 29.9. The van der Waals surface area contributed by atoms with Gasteiger partial charge in [-0.3, -0.25) is 9.59 Å². The van der Waals surface area contributed by atoms with Gasteiger partial charge in [0.2, 0.25) is 5.91 Å². The molecule has 32 heavy (non-hydrogen) atoms. The average Bonchev–Trinajstić information content (AvgIpc) is 3.41. The Bertz CT molecular complexity index is 1250. The molecule has 4 rings (SSSR count). The minimum absolute atomic E-state index is 0.117. The molecule has 0 aliphatic carbocycles. The number of sulfonamides is 1. The Balaban J connectivity index is 1.43. The number of nitrogens with one attached hydrogen (secondary N) is 1. The van der Waals surface area contributed by atoms with E-state index >= 15 is 0 Å². The lowest BCUT2D eigenvalue weighted by Crippen LogP contribution is -2.41. The highest BCUT2D eigenvalue weighted by Crippen LogP contribution is 2.33. The number of hydrogen-bond donors (Lipinski definition) is 1. The van der Waals surface area contributed by atoms with Gasteiger partial charge >= 0.3 is 0 Å². The van der Waals surface area contributed by atoms with Crippen LogP contribution in [0.4, 0.5) is 5.13 Å². The van der Waals surface area contributed by atoms with Crippen LogP contribution >= 0.6 is 34.3 Å². The molecule has 0 bridgehead atoms. The van der Waals surface area contributed by atoms with Crippen molar-refractivity contribution in [3.8, 4) is 11.3 Å². The van der Waals surface area contributed by atoms with Crippen LogP contribution in [0.25, 0.3) is 11.3 Å². The Hall–Kier alpha value is -2.11. The monoisotopic (exact) mass is 509 g/mol. The predicted molar refractivity (Wildman–Crippen MR) is 127 cm³/mol. The van der Waals surface area contributed by atoms with Crippen molar-refractivity contribution in [1.82, 2.24) is 9.29 Å². The summed E-state index contributed by atoms with van der Waals surface area (Å²) in [6.45, 7) is 1.98. The largest absolute Gasteiger partial charge is 0.302 e. The van der Waals surface area contributed by atoms with Gasteiger partial charge in [-0.15, -0.1) is 11.3 Å². The number of carbonyl (C=O) groups excluding carboxylic acids is 2. The van der Waals surface area contributed by atoms with Gasteiger partial charge in [-0.2, -0.15) is 4.31 Å². The van der Waals surface area contributed by atoms with Gasteiger partial charge in [0.1, 0.15) is 4.21 Å². The van der Waals surface area contributed by atoms with Crippen LogP contribution < -0.4 is 5.32 Å². The summed E-state index contributed by atoms with van der Waals surface area (Å²) >= 11 is 8.05. The number of hydrogen-bond acceptors (Lipinski definition) is 7. The second-order valence-corrected chi connectivity index (χ2v) is 12.2. The van der Waals surface area contributed by atoms with Crippen LogP contribution in [0, 0.1) is 5.92 Å². The van der Waals surface area contributed by atoms with E-state index in [1.54, 1.807) is 6.07 Å². The molecule has 1 aliphatic rings. The van der Waals surface area contributed by atoms with Gasteiger partial charge < -0.3 is 5.32 Å². The Morgan fingerprint density at radius 1 is 1.09 bits per heavy atom. The summed E-state index contributed by atoms with van der Waals surface area (Å²) in [6.07, 6.45) is 0.807. The van der Waals surface area contributed by atoms with Crippen LogP contribution in [0.15, 0.2) is 46.7 Å². The number of Topliss-reactive ketones (excluding diaryl/α,β-unsaturated/α-hetero) is 1. The van der Waals surface area contributed by atoms with Crippen LogP contribution in [0.1, 0.15) is 29.4 Å². The third-order valence-corrected chi connectivity index (χ3v) is 9.86. The number of halogens is 1. The fraction of sp³-hybridized carbons (Fsp3) is 0.286. The summed E-state index contributed by atoms with van der Waals surface area (Å²) in [6, 6.07) is 12.4. The van der Waals surface area contributed by atoms with Crippen LogP contribution in [0.2, 0.25) is 4.34 Å². The zero-order chi connectivity index (χ0) is 22.9. The molecule has 0 saturated carbocycles. The molecule has 7 nitrogen and oxygen atoms in total. The molecule has 0 spiro atoms. The molecule has 168 valence electrons. The topological polar surface area (TPSA) is 96.4 Å². The molecule has 2 aromatic heterocycles. The quantitative estimate of drug-likeness (QED) is 0.483. The number of aromatic nitrogens is 1. The first kappa shape index (κ1) is 23.1. The zero-order valence-electron chi connectivity index (χ0n) is 17.1. The molecule has 11 heteroatoms. The maximum atomic E-state index is 12.8. The maximum absolute atomic E-state index is 12.8. The van der Waals surface area contributed by atoms with Crippen LogP contribution in [0.3, 0.4) is 0 Å². The number of rotatable bonds is 6. The first-order chi connectivity index (χ1) is 15.3. The Morgan fingerprint density at radius 2 is 1.78 bits per heavy atom. The fourth-order valence-electron chi connectivity index (χ4n) is 3.53. The van der Waals surface area contributed by atoms with Gasteiger partial charge in [0.15, 0.2) is 10.9 Å². The van der Waals surface area contributed by atoms with E-state index < -0.39 is 10.0 Å². The molecule has 0 atom stereocenters. The van der Waals surface area contributed by atoms with Crippen molar-refractivity contribution >= 4 is 61.1 Å². The second kappa shape index (κ2) is 9.40. The van der Waals surface area contributed by atoms with E-state index in [0.29, 0.717) is 32.9 Å². The number of amides is 1. The lowest BCUT2D eigenvalue weighted by molar-refractivity contribution is -0.120. The van der Waals surface area contributed by atoms with Crippen molar-refractivity contribution in [3.63, 3.8) is 0 Å². The smallest absolute Gasteiger partial charge is 0.252 e. The minimum Gasteiger partial charge on any atom is -0.302 e. The summed E-state index contributed by atoms with van der Waals surface area (Å²) in [5.41, 5.74) is 1.36. The Labute approximate surface area is 199 Å². The molecule has 0 radical (unpaired) electrons. The summed E-state index contributed by atoms with van der Waals surface area (Å²) in [5.74, 6) is -0.669. The molecule has 3 heterocycles. The number of nitrogens with zero attached hydrogens (tertiary/aromatic N) is 2. The molecule has 1 fully saturated rings. The third-order valence-electron chi connectivity index (χ3n) is 5.19. The van der Waals surface area contributed by atoms with Gasteiger partial charge in [-0.1, -0.05) is 53.3 Å². The Kier molecular flexibility index (Phi) is 6.78. The van der Waals surface area contributed by atoms with Gasteiger partial charge in [-0.05, 0) is 25.0 Å². The summed E-state index contributed by atoms with van der Waals surface area (Å²) < 4.78 is 27.5. The third kappa shape index (κ3) is 4.79. The van der Waals surface area contributed by atoms with E-state index in [1.165, 1.54) is 17.3 Å². The number of benzene rings is 1. The molecule has 1 aliphatic heterocycles. The summed E-state index contributed by atoms with van der Waals surface area (Å²) in [5, 5.41) is 3.18. The highest BCUT2D eigenvalue weighted by atomic mass is 35.5. The first-order valence-electron chi connectivity index (χ1n) is 9.89. The lowest BCUT2D eigenvalue weighted by atomic mass is 9.97. The maximum Gasteiger partial charge on any atom is 0.252 e. The van der Waals surface area contributed by atoms with Gasteiger partial charge in [0.25, 0.3) is 10.0 Å². The molecule has 1 N–H and O–H groups in total. The van der Waals surface area contributed by atoms with Crippen LogP contribution in [-0.2, 0) is 14.8 Å². The lowest BCUT2D eigenvalue weighted by Gasteiger charge is -2.29. The molecule has 3 aromatic rings. The molecule has 1 saturated heterocycles. The first-order valence-corrected chi connectivity index (χ1v) is 13.3. The van der Waals surface area contributed by atoms with Crippen molar-refractivity contribution in [1.29, 1.82) is 0 Å². The molecule has 0 unspecified atom stereocenters. The molecular weight excluding hydrogens is 490 g/mol. The second-order valence-electron chi connectivity index (χ2n) is 7.35. The normalized spacial score (nSPS) is 15.6. The number of thiazole rings is 1. The highest BCUT2D eigenvalue weighted by molar-refractivity contribution is 7.91. The molecular formula is C21H20ClN3O4S3. The number of thiophene rings is 1. The fourth-order valence-corrected chi connectivity index (χ4v) is 7.53. The van der Waals surface area contributed by atoms with Crippen molar-refractivity contribution in [2.75, 3.05) is 18.4 Å². The number of carbonyl (C=O) groups is 2. The predicted octanol–water partition coefficient (Wildman–Crippen LogP) is 4.77. The van der Waals surface area contributed by atoms with Crippen molar-refractivity contribution in [3.05, 3.63) is 51.7 Å². The van der Waals surface area contributed by atoms with E-state index in [1.807, 2.05) is 30.3 Å². The van der Waals surface area contributed by atoms with Gasteiger partial charge in [0.05, 0.1) is 14.9 Å². The number of anilines is 1. The standard InChI is InChI=1S/C21H20ClN3O4S3/c1-13(26)19-18(14-5-3-2-4-6-14)23-21(31-19)24-20(27)15-9-11-25(12-10-15)32(28,29)17-8-7-16(22)30-17/h2-8,15H,9-12H2,1H3,(H,23,24,27). The Morgan fingerprint density at radius 3 is 2.38 bits per heavy atom. The van der Waals surface area contributed by atoms with E-state index in [0.717, 1.165) is 28.2 Å². The van der Waals surface area contributed by atoms with Crippen LogP contribution in [0.5, 0.6) is 0 Å². The van der Waals surface area contributed by atoms with E-state index in [4.69, 9.17) is 11.6 Å². The number of ketones is 1. The highest BCUT2D eigenvalue weighted by Gasteiger charge is 2.33. The van der Waals surface area contributed by atoms with E-state index in [9.17, 15) is 18.0 Å². The van der Waals surface area contributed by atoms with Crippen molar-refractivity contribution in [2.45, 2.75) is 24.0 Å². The molecule has 1 amide bonds. The summed E-state index contributed by atoms with van der Waals surface area (Å²) in [7, 11) is -3.60. The van der Waals surface area contributed by atoms with E-state index in [2.05, 4.69) is 10.3 Å². The minimum atomic E-state index is -3.60. The number of piperidine rings is 1. The zero-order valence-corrected chi connectivity index (χ0v) is 20.3. The average molecular weight is 510 g/mol. The SMILES string of the molecule is CC(=O)c1sc(NC(=O)C2CCN(S(=O)(=O)c3ccc(Cl)s3)CC2)nc1-c1ccccc1. The van der Waals surface area contributed by atoms with Crippen molar-refractivity contribution < 1.29 is 18.0 Å². The van der Waals surface area contributed by atoms with Gasteiger partial charge in [0, 0.05) is 31.5 Å². The van der Waals surface area contributed by atoms with Crippen molar-refractivity contribution in [2.24, 2.45) is 5.92 Å². The van der Waals surface area contributed by atoms with Crippen LogP contribution in [-0.4, -0.2) is 42.5 Å².